The Bertz CT molecular complexity index is 1530. The number of ketones is 2. The molecule has 0 saturated carbocycles. The van der Waals surface area contributed by atoms with Gasteiger partial charge in [-0.2, -0.15) is 0 Å². The SMILES string of the molecule is CC1(C)CC(=O)C2=C(C1)N=C1c3ccccc3C(=O)[C@H]1[C@@H]2c1ccc(OC(=O)c2ccc(F)cc2)cc1. The second-order valence-electron chi connectivity index (χ2n) is 10.6. The number of allylic oxidation sites excluding steroid dienone is 2. The maximum atomic E-state index is 13.6. The van der Waals surface area contributed by atoms with Crippen molar-refractivity contribution in [2.45, 2.75) is 32.6 Å². The average molecular weight is 494 g/mol. The molecule has 1 aliphatic heterocycles. The topological polar surface area (TPSA) is 72.8 Å². The lowest BCUT2D eigenvalue weighted by Crippen LogP contribution is -2.37. The van der Waals surface area contributed by atoms with Gasteiger partial charge in [-0.1, -0.05) is 50.2 Å². The number of fused-ring (bicyclic) bond motifs is 3. The quantitative estimate of drug-likeness (QED) is 0.327. The van der Waals surface area contributed by atoms with Crippen molar-refractivity contribution < 1.29 is 23.5 Å². The molecule has 0 fully saturated rings. The normalized spacial score (nSPS) is 21.6. The number of rotatable bonds is 3. The van der Waals surface area contributed by atoms with Gasteiger partial charge in [0.15, 0.2) is 11.6 Å². The van der Waals surface area contributed by atoms with E-state index in [1.165, 1.54) is 24.3 Å². The van der Waals surface area contributed by atoms with E-state index in [-0.39, 0.29) is 22.5 Å². The fourth-order valence-corrected chi connectivity index (χ4v) is 5.74. The third kappa shape index (κ3) is 3.93. The molecule has 5 nitrogen and oxygen atoms in total. The number of esters is 1. The van der Waals surface area contributed by atoms with Gasteiger partial charge in [-0.3, -0.25) is 14.6 Å². The van der Waals surface area contributed by atoms with Crippen molar-refractivity contribution in [3.8, 4) is 5.75 Å². The van der Waals surface area contributed by atoms with Gasteiger partial charge in [-0.15, -0.1) is 0 Å². The Morgan fingerprint density at radius 3 is 2.27 bits per heavy atom. The lowest BCUT2D eigenvalue weighted by molar-refractivity contribution is -0.118. The van der Waals surface area contributed by atoms with E-state index in [0.29, 0.717) is 29.7 Å². The first-order valence-corrected chi connectivity index (χ1v) is 12.3. The molecule has 37 heavy (non-hydrogen) atoms. The highest BCUT2D eigenvalue weighted by Gasteiger charge is 2.50. The van der Waals surface area contributed by atoms with Crippen molar-refractivity contribution >= 4 is 23.2 Å². The molecule has 6 rings (SSSR count). The van der Waals surface area contributed by atoms with Crippen LogP contribution in [0.4, 0.5) is 4.39 Å². The molecule has 0 amide bonds. The minimum absolute atomic E-state index is 0.0228. The summed E-state index contributed by atoms with van der Waals surface area (Å²) in [5.41, 5.74) is 4.37. The van der Waals surface area contributed by atoms with Crippen LogP contribution in [0.2, 0.25) is 0 Å². The van der Waals surface area contributed by atoms with Gasteiger partial charge in [0, 0.05) is 34.7 Å². The van der Waals surface area contributed by atoms with Crippen LogP contribution in [0.25, 0.3) is 0 Å². The maximum Gasteiger partial charge on any atom is 0.343 e. The Hall–Kier alpha value is -4.19. The van der Waals surface area contributed by atoms with E-state index < -0.39 is 23.6 Å². The minimum Gasteiger partial charge on any atom is -0.423 e. The van der Waals surface area contributed by atoms with Crippen LogP contribution in [0.15, 0.2) is 89.1 Å². The number of halogens is 1. The molecule has 0 radical (unpaired) electrons. The molecule has 0 N–H and O–H groups in total. The van der Waals surface area contributed by atoms with Gasteiger partial charge < -0.3 is 4.74 Å². The lowest BCUT2D eigenvalue weighted by Gasteiger charge is -2.38. The van der Waals surface area contributed by atoms with Crippen molar-refractivity contribution in [2.24, 2.45) is 16.3 Å². The monoisotopic (exact) mass is 493 g/mol. The standard InChI is InChI=1S/C31H24FNO4/c1-31(2)15-23-26(24(34)16-31)25(27-28(33-23)21-5-3-4-6-22(21)29(27)35)17-9-13-20(14-10-17)37-30(36)18-7-11-19(32)12-8-18/h3-14,25,27H,15-16H2,1-2H3/t25-,27+/m1/s1. The highest BCUT2D eigenvalue weighted by Crippen LogP contribution is 2.51. The molecule has 0 spiro atoms. The average Bonchev–Trinajstić information content (AvgIpc) is 3.15. The van der Waals surface area contributed by atoms with Gasteiger partial charge in [0.1, 0.15) is 11.6 Å². The highest BCUT2D eigenvalue weighted by atomic mass is 19.1. The summed E-state index contributed by atoms with van der Waals surface area (Å²) in [5.74, 6) is -1.77. The summed E-state index contributed by atoms with van der Waals surface area (Å²) < 4.78 is 18.6. The molecule has 0 unspecified atom stereocenters. The summed E-state index contributed by atoms with van der Waals surface area (Å²) in [6.07, 6.45) is 1.05. The number of hydrogen-bond donors (Lipinski definition) is 0. The van der Waals surface area contributed by atoms with E-state index in [9.17, 15) is 18.8 Å². The predicted octanol–water partition coefficient (Wildman–Crippen LogP) is 6.09. The maximum absolute atomic E-state index is 13.6. The van der Waals surface area contributed by atoms with Gasteiger partial charge in [0.25, 0.3) is 0 Å². The molecular formula is C31H24FNO4. The Labute approximate surface area is 213 Å². The van der Waals surface area contributed by atoms with Gasteiger partial charge in [-0.05, 0) is 53.8 Å². The van der Waals surface area contributed by atoms with Gasteiger partial charge in [0.05, 0.1) is 17.2 Å². The third-order valence-corrected chi connectivity index (χ3v) is 7.37. The van der Waals surface area contributed by atoms with Crippen LogP contribution >= 0.6 is 0 Å². The summed E-state index contributed by atoms with van der Waals surface area (Å²) in [7, 11) is 0. The molecule has 1 heterocycles. The molecule has 0 saturated heterocycles. The van der Waals surface area contributed by atoms with E-state index in [0.717, 1.165) is 22.5 Å². The van der Waals surface area contributed by atoms with Crippen molar-refractivity contribution in [3.05, 3.63) is 112 Å². The van der Waals surface area contributed by atoms with Crippen LogP contribution in [0.5, 0.6) is 5.75 Å². The van der Waals surface area contributed by atoms with Crippen LogP contribution in [-0.4, -0.2) is 23.2 Å². The number of ether oxygens (including phenoxy) is 1. The van der Waals surface area contributed by atoms with E-state index in [2.05, 4.69) is 13.8 Å². The number of carbonyl (C=O) groups is 3. The predicted molar refractivity (Wildman–Crippen MR) is 136 cm³/mol. The Kier molecular flexibility index (Phi) is 5.30. The molecule has 184 valence electrons. The van der Waals surface area contributed by atoms with Crippen LogP contribution in [-0.2, 0) is 4.79 Å². The van der Waals surface area contributed by atoms with Crippen molar-refractivity contribution in [3.63, 3.8) is 0 Å². The molecule has 6 heteroatoms. The number of nitrogens with zero attached hydrogens (tertiary/aromatic N) is 1. The Morgan fingerprint density at radius 2 is 1.57 bits per heavy atom. The number of hydrogen-bond acceptors (Lipinski definition) is 5. The zero-order valence-corrected chi connectivity index (χ0v) is 20.5. The van der Waals surface area contributed by atoms with Gasteiger partial charge in [0.2, 0.25) is 0 Å². The second kappa shape index (κ2) is 8.44. The summed E-state index contributed by atoms with van der Waals surface area (Å²) in [6, 6.07) is 19.5. The summed E-state index contributed by atoms with van der Waals surface area (Å²) in [5, 5.41) is 0. The molecule has 2 aliphatic carbocycles. The molecule has 0 aromatic heterocycles. The molecule has 3 aromatic rings. The van der Waals surface area contributed by atoms with Crippen molar-refractivity contribution in [2.75, 3.05) is 0 Å². The molecule has 0 bridgehead atoms. The van der Waals surface area contributed by atoms with E-state index in [4.69, 9.17) is 9.73 Å². The first kappa shape index (κ1) is 23.2. The van der Waals surface area contributed by atoms with Gasteiger partial charge in [-0.25, -0.2) is 9.18 Å². The summed E-state index contributed by atoms with van der Waals surface area (Å²) >= 11 is 0. The zero-order valence-electron chi connectivity index (χ0n) is 20.5. The van der Waals surface area contributed by atoms with E-state index in [1.54, 1.807) is 24.3 Å². The lowest BCUT2D eigenvalue weighted by atomic mass is 9.66. The molecule has 3 aromatic carbocycles. The van der Waals surface area contributed by atoms with Crippen LogP contribution < -0.4 is 4.74 Å². The van der Waals surface area contributed by atoms with Crippen LogP contribution in [0.1, 0.15) is 64.4 Å². The summed E-state index contributed by atoms with van der Waals surface area (Å²) in [4.78, 5) is 44.5. The first-order chi connectivity index (χ1) is 17.7. The van der Waals surface area contributed by atoms with Crippen LogP contribution in [0, 0.1) is 17.2 Å². The van der Waals surface area contributed by atoms with E-state index >= 15 is 0 Å². The van der Waals surface area contributed by atoms with E-state index in [1.807, 2.05) is 24.3 Å². The minimum atomic E-state index is -0.601. The number of carbonyl (C=O) groups excluding carboxylic acids is 3. The first-order valence-electron chi connectivity index (χ1n) is 12.3. The van der Waals surface area contributed by atoms with Gasteiger partial charge >= 0.3 is 5.97 Å². The molecular weight excluding hydrogens is 469 g/mol. The molecule has 3 aliphatic rings. The number of Topliss-reactive ketones (excluding diaryl/α,β-unsaturated/α-hetero) is 2. The van der Waals surface area contributed by atoms with Crippen LogP contribution in [0.3, 0.4) is 0 Å². The molecule has 2 atom stereocenters. The number of benzene rings is 3. The van der Waals surface area contributed by atoms with Crippen molar-refractivity contribution in [1.82, 2.24) is 0 Å². The third-order valence-electron chi connectivity index (χ3n) is 7.37. The smallest absolute Gasteiger partial charge is 0.343 e. The van der Waals surface area contributed by atoms with Crippen molar-refractivity contribution in [1.29, 1.82) is 0 Å². The Morgan fingerprint density at radius 1 is 0.892 bits per heavy atom. The number of aliphatic imine (C=N–C) groups is 1. The fourth-order valence-electron chi connectivity index (χ4n) is 5.74. The second-order valence-corrected chi connectivity index (χ2v) is 10.6. The largest absolute Gasteiger partial charge is 0.423 e. The zero-order chi connectivity index (χ0) is 25.9. The fraction of sp³-hybridized carbons (Fsp3) is 0.226. The Balaban J connectivity index is 1.38. The summed E-state index contributed by atoms with van der Waals surface area (Å²) in [6.45, 7) is 4.13. The highest BCUT2D eigenvalue weighted by molar-refractivity contribution is 6.30.